The van der Waals surface area contributed by atoms with E-state index in [1.54, 1.807) is 17.0 Å². The molecule has 0 aromatic heterocycles. The SMILES string of the molecule is N#Cc1cccc2c1CCN2C(=O)CN1CCCCC(O)C1=O. The Kier molecular flexibility index (Phi) is 4.30. The summed E-state index contributed by atoms with van der Waals surface area (Å²) in [5.74, 6) is -0.526. The molecule has 1 aromatic rings. The first-order valence-corrected chi connectivity index (χ1v) is 7.91. The van der Waals surface area contributed by atoms with Gasteiger partial charge in [-0.25, -0.2) is 0 Å². The lowest BCUT2D eigenvalue weighted by Gasteiger charge is -2.25. The molecule has 2 amide bonds. The standard InChI is InChI=1S/C17H19N3O3/c18-10-12-4-3-5-14-13(12)7-9-20(14)16(22)11-19-8-2-1-6-15(21)17(19)23/h3-5,15,21H,1-2,6-9,11H2. The number of aliphatic hydroxyl groups is 1. The van der Waals surface area contributed by atoms with Crippen LogP contribution < -0.4 is 4.90 Å². The predicted molar refractivity (Wildman–Crippen MR) is 83.7 cm³/mol. The number of anilines is 1. The molecule has 0 bridgehead atoms. The number of nitrogens with zero attached hydrogens (tertiary/aromatic N) is 3. The highest BCUT2D eigenvalue weighted by Gasteiger charge is 2.31. The van der Waals surface area contributed by atoms with Gasteiger partial charge in [-0.05, 0) is 43.4 Å². The number of likely N-dealkylation sites (tertiary alicyclic amines) is 1. The topological polar surface area (TPSA) is 84.6 Å². The Labute approximate surface area is 134 Å². The monoisotopic (exact) mass is 313 g/mol. The van der Waals surface area contributed by atoms with Gasteiger partial charge in [0.1, 0.15) is 12.6 Å². The minimum Gasteiger partial charge on any atom is -0.383 e. The Bertz CT molecular complexity index is 680. The summed E-state index contributed by atoms with van der Waals surface area (Å²) in [5, 5.41) is 18.9. The van der Waals surface area contributed by atoms with E-state index in [2.05, 4.69) is 6.07 Å². The molecule has 120 valence electrons. The van der Waals surface area contributed by atoms with Crippen LogP contribution in [0.15, 0.2) is 18.2 Å². The third-order valence-electron chi connectivity index (χ3n) is 4.53. The maximum absolute atomic E-state index is 12.6. The number of hydrogen-bond acceptors (Lipinski definition) is 4. The molecule has 1 saturated heterocycles. The summed E-state index contributed by atoms with van der Waals surface area (Å²) in [5.41, 5.74) is 2.25. The molecular weight excluding hydrogens is 294 g/mol. The first-order chi connectivity index (χ1) is 11.1. The Morgan fingerprint density at radius 3 is 2.96 bits per heavy atom. The van der Waals surface area contributed by atoms with Crippen molar-refractivity contribution < 1.29 is 14.7 Å². The van der Waals surface area contributed by atoms with Gasteiger partial charge in [-0.2, -0.15) is 5.26 Å². The number of benzene rings is 1. The molecule has 0 aliphatic carbocycles. The van der Waals surface area contributed by atoms with Gasteiger partial charge in [-0.15, -0.1) is 0 Å². The van der Waals surface area contributed by atoms with Gasteiger partial charge in [-0.1, -0.05) is 6.07 Å². The molecule has 3 rings (SSSR count). The first kappa shape index (κ1) is 15.5. The second kappa shape index (κ2) is 6.39. The molecule has 6 nitrogen and oxygen atoms in total. The van der Waals surface area contributed by atoms with Crippen LogP contribution in [0.2, 0.25) is 0 Å². The minimum absolute atomic E-state index is 0.0217. The van der Waals surface area contributed by atoms with E-state index in [-0.39, 0.29) is 18.4 Å². The number of rotatable bonds is 2. The fourth-order valence-electron chi connectivity index (χ4n) is 3.29. The molecule has 1 N–H and O–H groups in total. The molecule has 0 spiro atoms. The van der Waals surface area contributed by atoms with Gasteiger partial charge in [-0.3, -0.25) is 9.59 Å². The van der Waals surface area contributed by atoms with E-state index in [0.717, 1.165) is 24.1 Å². The second-order valence-corrected chi connectivity index (χ2v) is 5.98. The Hall–Kier alpha value is -2.39. The first-order valence-electron chi connectivity index (χ1n) is 7.91. The summed E-state index contributed by atoms with van der Waals surface area (Å²) in [6, 6.07) is 7.51. The number of carbonyl (C=O) groups excluding carboxylic acids is 2. The Morgan fingerprint density at radius 2 is 2.17 bits per heavy atom. The van der Waals surface area contributed by atoms with E-state index in [0.29, 0.717) is 31.5 Å². The number of amides is 2. The Morgan fingerprint density at radius 1 is 1.35 bits per heavy atom. The van der Waals surface area contributed by atoms with Gasteiger partial charge in [0.15, 0.2) is 0 Å². The van der Waals surface area contributed by atoms with Crippen LogP contribution in [0.4, 0.5) is 5.69 Å². The zero-order valence-electron chi connectivity index (χ0n) is 12.9. The highest BCUT2D eigenvalue weighted by molar-refractivity contribution is 5.99. The number of nitriles is 1. The molecule has 1 atom stereocenters. The molecular formula is C17H19N3O3. The summed E-state index contributed by atoms with van der Waals surface area (Å²) in [6.45, 7) is 1.00. The average Bonchev–Trinajstić information content (AvgIpc) is 2.94. The van der Waals surface area contributed by atoms with E-state index in [4.69, 9.17) is 5.26 Å². The maximum Gasteiger partial charge on any atom is 0.251 e. The van der Waals surface area contributed by atoms with Crippen LogP contribution in [-0.2, 0) is 16.0 Å². The van der Waals surface area contributed by atoms with Crippen LogP contribution >= 0.6 is 0 Å². The van der Waals surface area contributed by atoms with Crippen molar-refractivity contribution in [1.29, 1.82) is 5.26 Å². The van der Waals surface area contributed by atoms with Crippen LogP contribution in [0, 0.1) is 11.3 Å². The van der Waals surface area contributed by atoms with E-state index in [1.807, 2.05) is 6.07 Å². The lowest BCUT2D eigenvalue weighted by molar-refractivity contribution is -0.142. The van der Waals surface area contributed by atoms with Gasteiger partial charge in [0, 0.05) is 18.8 Å². The molecule has 0 radical (unpaired) electrons. The molecule has 1 unspecified atom stereocenters. The molecule has 2 heterocycles. The summed E-state index contributed by atoms with van der Waals surface area (Å²) in [7, 11) is 0. The molecule has 0 saturated carbocycles. The van der Waals surface area contributed by atoms with Crippen molar-refractivity contribution in [1.82, 2.24) is 4.90 Å². The number of aliphatic hydroxyl groups excluding tert-OH is 1. The smallest absolute Gasteiger partial charge is 0.251 e. The third kappa shape index (κ3) is 2.92. The zero-order chi connectivity index (χ0) is 16.4. The van der Waals surface area contributed by atoms with Crippen LogP contribution in [-0.4, -0.2) is 47.6 Å². The number of fused-ring (bicyclic) bond motifs is 1. The lowest BCUT2D eigenvalue weighted by Crippen LogP contribution is -2.45. The third-order valence-corrected chi connectivity index (χ3v) is 4.53. The largest absolute Gasteiger partial charge is 0.383 e. The predicted octanol–water partition coefficient (Wildman–Crippen LogP) is 0.821. The fourth-order valence-corrected chi connectivity index (χ4v) is 3.29. The second-order valence-electron chi connectivity index (χ2n) is 5.98. The van der Waals surface area contributed by atoms with Gasteiger partial charge in [0.2, 0.25) is 5.91 Å². The summed E-state index contributed by atoms with van der Waals surface area (Å²) < 4.78 is 0. The van der Waals surface area contributed by atoms with Crippen molar-refractivity contribution in [3.8, 4) is 6.07 Å². The van der Waals surface area contributed by atoms with Crippen molar-refractivity contribution in [2.24, 2.45) is 0 Å². The van der Waals surface area contributed by atoms with E-state index in [1.165, 1.54) is 4.90 Å². The zero-order valence-corrected chi connectivity index (χ0v) is 12.9. The highest BCUT2D eigenvalue weighted by atomic mass is 16.3. The number of hydrogen-bond donors (Lipinski definition) is 1. The molecule has 23 heavy (non-hydrogen) atoms. The van der Waals surface area contributed by atoms with Gasteiger partial charge < -0.3 is 14.9 Å². The van der Waals surface area contributed by atoms with Gasteiger partial charge in [0.05, 0.1) is 11.6 Å². The Balaban J connectivity index is 1.76. The summed E-state index contributed by atoms with van der Waals surface area (Å²) in [6.07, 6.45) is 1.70. The van der Waals surface area contributed by atoms with Crippen molar-refractivity contribution in [3.05, 3.63) is 29.3 Å². The van der Waals surface area contributed by atoms with E-state index >= 15 is 0 Å². The van der Waals surface area contributed by atoms with Crippen LogP contribution in [0.1, 0.15) is 30.4 Å². The normalized spacial score (nSPS) is 20.9. The van der Waals surface area contributed by atoms with Gasteiger partial charge >= 0.3 is 0 Å². The van der Waals surface area contributed by atoms with Crippen LogP contribution in [0.3, 0.4) is 0 Å². The van der Waals surface area contributed by atoms with E-state index in [9.17, 15) is 14.7 Å². The van der Waals surface area contributed by atoms with Crippen molar-refractivity contribution in [3.63, 3.8) is 0 Å². The van der Waals surface area contributed by atoms with Gasteiger partial charge in [0.25, 0.3) is 5.91 Å². The molecule has 1 aromatic carbocycles. The summed E-state index contributed by atoms with van der Waals surface area (Å²) in [4.78, 5) is 27.8. The van der Waals surface area contributed by atoms with Crippen molar-refractivity contribution in [2.75, 3.05) is 24.5 Å². The fraction of sp³-hybridized carbons (Fsp3) is 0.471. The maximum atomic E-state index is 12.6. The highest BCUT2D eigenvalue weighted by Crippen LogP contribution is 2.30. The molecule has 1 fully saturated rings. The molecule has 2 aliphatic rings. The minimum atomic E-state index is -0.999. The van der Waals surface area contributed by atoms with Crippen LogP contribution in [0.25, 0.3) is 0 Å². The average molecular weight is 313 g/mol. The lowest BCUT2D eigenvalue weighted by atomic mass is 10.1. The molecule has 2 aliphatic heterocycles. The van der Waals surface area contributed by atoms with E-state index < -0.39 is 6.10 Å². The quantitative estimate of drug-likeness (QED) is 0.876. The van der Waals surface area contributed by atoms with Crippen LogP contribution in [0.5, 0.6) is 0 Å². The number of carbonyl (C=O) groups is 2. The van der Waals surface area contributed by atoms with Crippen molar-refractivity contribution in [2.45, 2.75) is 31.8 Å². The van der Waals surface area contributed by atoms with Crippen molar-refractivity contribution >= 4 is 17.5 Å². The molecule has 6 heteroatoms. The summed E-state index contributed by atoms with van der Waals surface area (Å²) >= 11 is 0.